The summed E-state index contributed by atoms with van der Waals surface area (Å²) in [4.78, 5) is 4.07. The molecule has 0 saturated carbocycles. The third-order valence-electron chi connectivity index (χ3n) is 3.82. The largest absolute Gasteiger partial charge is 0.487 e. The van der Waals surface area contributed by atoms with Gasteiger partial charge in [-0.2, -0.15) is 0 Å². The normalized spacial score (nSPS) is 21.3. The van der Waals surface area contributed by atoms with E-state index >= 15 is 0 Å². The van der Waals surface area contributed by atoms with Crippen molar-refractivity contribution in [1.29, 1.82) is 0 Å². The third-order valence-corrected chi connectivity index (χ3v) is 4.03. The Bertz CT molecular complexity index is 498. The maximum absolute atomic E-state index is 5.89. The molecule has 5 heteroatoms. The predicted octanol–water partition coefficient (Wildman–Crippen LogP) is 3.69. The van der Waals surface area contributed by atoms with Gasteiger partial charge < -0.3 is 9.31 Å². The van der Waals surface area contributed by atoms with Gasteiger partial charge in [-0.05, 0) is 51.8 Å². The zero-order valence-electron chi connectivity index (χ0n) is 12.0. The molecule has 3 nitrogen and oxygen atoms in total. The molecule has 0 spiro atoms. The van der Waals surface area contributed by atoms with E-state index in [1.165, 1.54) is 0 Å². The number of hydrogen-bond donors (Lipinski definition) is 0. The number of nitrogens with zero attached hydrogens (tertiary/aromatic N) is 1. The minimum Gasteiger partial charge on any atom is -0.400 e. The molecule has 0 radical (unpaired) electrons. The maximum Gasteiger partial charge on any atom is 0.487 e. The highest BCUT2D eigenvalue weighted by Gasteiger charge is 2.49. The van der Waals surface area contributed by atoms with Crippen LogP contribution in [0.15, 0.2) is 18.2 Å². The van der Waals surface area contributed by atoms with Crippen LogP contribution in [0.4, 0.5) is 0 Å². The maximum atomic E-state index is 5.89. The van der Waals surface area contributed by atoms with Gasteiger partial charge in [-0.3, -0.25) is 0 Å². The first-order chi connectivity index (χ1) is 8.71. The zero-order valence-corrected chi connectivity index (χ0v) is 12.8. The van der Waals surface area contributed by atoms with E-state index in [-0.39, 0.29) is 18.3 Å². The molecule has 0 aromatic carbocycles. The Morgan fingerprint density at radius 2 is 1.79 bits per heavy atom. The van der Waals surface area contributed by atoms with Gasteiger partial charge in [-0.1, -0.05) is 23.7 Å². The first-order valence-electron chi connectivity index (χ1n) is 6.37. The molecule has 1 fully saturated rings. The average Bonchev–Trinajstić information content (AvgIpc) is 2.46. The summed E-state index contributed by atoms with van der Waals surface area (Å²) in [6, 6.07) is 1.84. The van der Waals surface area contributed by atoms with Crippen molar-refractivity contribution in [2.75, 3.05) is 0 Å². The van der Waals surface area contributed by atoms with E-state index in [0.29, 0.717) is 5.15 Å². The van der Waals surface area contributed by atoms with E-state index in [1.807, 2.05) is 52.7 Å². The summed E-state index contributed by atoms with van der Waals surface area (Å²) in [5, 5.41) is 0.505. The van der Waals surface area contributed by atoms with E-state index in [2.05, 4.69) is 4.98 Å². The molecule has 19 heavy (non-hydrogen) atoms. The van der Waals surface area contributed by atoms with Crippen LogP contribution >= 0.6 is 11.6 Å². The quantitative estimate of drug-likeness (QED) is 0.611. The van der Waals surface area contributed by atoms with Gasteiger partial charge in [0.05, 0.1) is 11.2 Å². The van der Waals surface area contributed by atoms with Crippen LogP contribution in [-0.2, 0) is 9.31 Å². The predicted molar refractivity (Wildman–Crippen MR) is 79.1 cm³/mol. The Morgan fingerprint density at radius 1 is 1.21 bits per heavy atom. The molecule has 0 atom stereocenters. The SMILES string of the molecule is Cc1cc(Cl)ncc1/C=C/B1OC(C)(C)C(C)(C)O1. The Hall–Kier alpha value is -0.835. The van der Waals surface area contributed by atoms with E-state index < -0.39 is 0 Å². The second-order valence-corrected chi connectivity index (χ2v) is 6.23. The zero-order chi connectivity index (χ0) is 14.3. The van der Waals surface area contributed by atoms with Crippen LogP contribution < -0.4 is 0 Å². The second kappa shape index (κ2) is 4.93. The topological polar surface area (TPSA) is 31.4 Å². The van der Waals surface area contributed by atoms with Crippen LogP contribution in [0.25, 0.3) is 6.08 Å². The summed E-state index contributed by atoms with van der Waals surface area (Å²) in [6.45, 7) is 10.1. The fourth-order valence-corrected chi connectivity index (χ4v) is 2.07. The number of hydrogen-bond acceptors (Lipinski definition) is 3. The van der Waals surface area contributed by atoms with Crippen LogP contribution in [0.3, 0.4) is 0 Å². The van der Waals surface area contributed by atoms with Crippen LogP contribution in [0.5, 0.6) is 0 Å². The Morgan fingerprint density at radius 3 is 2.32 bits per heavy atom. The second-order valence-electron chi connectivity index (χ2n) is 5.85. The number of aryl methyl sites for hydroxylation is 1. The average molecular weight is 280 g/mol. The molecular formula is C14H19BClNO2. The highest BCUT2D eigenvalue weighted by atomic mass is 35.5. The van der Waals surface area contributed by atoms with Crippen LogP contribution in [0.1, 0.15) is 38.8 Å². The van der Waals surface area contributed by atoms with Crippen molar-refractivity contribution in [2.45, 2.75) is 45.8 Å². The summed E-state index contributed by atoms with van der Waals surface area (Å²) in [5.74, 6) is 1.91. The molecule has 1 aromatic heterocycles. The van der Waals surface area contributed by atoms with Gasteiger partial charge in [0.25, 0.3) is 0 Å². The van der Waals surface area contributed by atoms with Gasteiger partial charge in [0.15, 0.2) is 0 Å². The first-order valence-corrected chi connectivity index (χ1v) is 6.75. The summed E-state index contributed by atoms with van der Waals surface area (Å²) >= 11 is 5.83. The molecular weight excluding hydrogens is 260 g/mol. The number of aromatic nitrogens is 1. The smallest absolute Gasteiger partial charge is 0.400 e. The summed E-state index contributed by atoms with van der Waals surface area (Å²) in [7, 11) is -0.333. The molecule has 1 aliphatic heterocycles. The standard InChI is InChI=1S/C14H19BClNO2/c1-10-8-12(16)17-9-11(10)6-7-15-18-13(2,3)14(4,5)19-15/h6-9H,1-5H3/b7-6+. The summed E-state index contributed by atoms with van der Waals surface area (Å²) < 4.78 is 11.8. The van der Waals surface area contributed by atoms with E-state index in [0.717, 1.165) is 11.1 Å². The molecule has 0 N–H and O–H groups in total. The van der Waals surface area contributed by atoms with Crippen molar-refractivity contribution in [3.05, 3.63) is 34.5 Å². The molecule has 2 heterocycles. The lowest BCUT2D eigenvalue weighted by Gasteiger charge is -2.32. The number of pyridine rings is 1. The fourth-order valence-electron chi connectivity index (χ4n) is 1.86. The Kier molecular flexibility index (Phi) is 3.78. The third kappa shape index (κ3) is 3.02. The Balaban J connectivity index is 2.13. The summed E-state index contributed by atoms with van der Waals surface area (Å²) in [6.07, 6.45) is 3.71. The first kappa shape index (κ1) is 14.6. The van der Waals surface area contributed by atoms with Crippen molar-refractivity contribution >= 4 is 24.8 Å². The van der Waals surface area contributed by atoms with Gasteiger partial charge in [-0.25, -0.2) is 4.98 Å². The van der Waals surface area contributed by atoms with Crippen LogP contribution in [0.2, 0.25) is 5.15 Å². The van der Waals surface area contributed by atoms with Gasteiger partial charge in [0, 0.05) is 6.20 Å². The Labute approximate surface area is 120 Å². The minimum absolute atomic E-state index is 0.310. The molecule has 1 aliphatic rings. The molecule has 0 unspecified atom stereocenters. The fraction of sp³-hybridized carbons (Fsp3) is 0.500. The number of halogens is 1. The van der Waals surface area contributed by atoms with E-state index in [1.54, 1.807) is 6.20 Å². The van der Waals surface area contributed by atoms with Gasteiger partial charge >= 0.3 is 7.12 Å². The molecule has 0 bridgehead atoms. The lowest BCUT2D eigenvalue weighted by molar-refractivity contribution is 0.00578. The van der Waals surface area contributed by atoms with Gasteiger partial charge in [-0.15, -0.1) is 0 Å². The number of rotatable bonds is 2. The highest BCUT2D eigenvalue weighted by molar-refractivity contribution is 6.52. The van der Waals surface area contributed by atoms with E-state index in [9.17, 15) is 0 Å². The minimum atomic E-state index is -0.333. The molecule has 102 valence electrons. The van der Waals surface area contributed by atoms with Crippen molar-refractivity contribution in [3.63, 3.8) is 0 Å². The highest BCUT2D eigenvalue weighted by Crippen LogP contribution is 2.37. The summed E-state index contributed by atoms with van der Waals surface area (Å²) in [5.41, 5.74) is 1.47. The molecule has 0 amide bonds. The molecule has 2 rings (SSSR count). The van der Waals surface area contributed by atoms with Crippen LogP contribution in [-0.4, -0.2) is 23.3 Å². The molecule has 1 aromatic rings. The van der Waals surface area contributed by atoms with Gasteiger partial charge in [0.1, 0.15) is 5.15 Å². The molecule has 1 saturated heterocycles. The van der Waals surface area contributed by atoms with Crippen molar-refractivity contribution in [2.24, 2.45) is 0 Å². The van der Waals surface area contributed by atoms with Crippen molar-refractivity contribution < 1.29 is 9.31 Å². The van der Waals surface area contributed by atoms with Gasteiger partial charge in [0.2, 0.25) is 0 Å². The van der Waals surface area contributed by atoms with Crippen molar-refractivity contribution in [3.8, 4) is 0 Å². The molecule has 0 aliphatic carbocycles. The van der Waals surface area contributed by atoms with E-state index in [4.69, 9.17) is 20.9 Å². The van der Waals surface area contributed by atoms with Crippen molar-refractivity contribution in [1.82, 2.24) is 4.98 Å². The lowest BCUT2D eigenvalue weighted by atomic mass is 9.89. The monoisotopic (exact) mass is 279 g/mol. The van der Waals surface area contributed by atoms with Crippen LogP contribution in [0, 0.1) is 6.92 Å². The lowest BCUT2D eigenvalue weighted by Crippen LogP contribution is -2.41.